The summed E-state index contributed by atoms with van der Waals surface area (Å²) in [6.45, 7) is 2.15. The van der Waals surface area contributed by atoms with E-state index < -0.39 is 6.10 Å². The summed E-state index contributed by atoms with van der Waals surface area (Å²) in [5.74, 6) is 0.463. The van der Waals surface area contributed by atoms with Crippen LogP contribution in [0.4, 0.5) is 4.39 Å². The molecular weight excluding hydrogens is 269 g/mol. The van der Waals surface area contributed by atoms with E-state index >= 15 is 0 Å². The van der Waals surface area contributed by atoms with E-state index in [1.807, 2.05) is 31.2 Å². The van der Waals surface area contributed by atoms with E-state index in [9.17, 15) is 4.39 Å². The molecule has 0 aromatic heterocycles. The number of rotatable bonds is 6. The number of nitrogens with two attached hydrogens (primary N) is 1. The average Bonchev–Trinajstić information content (AvgIpc) is 2.49. The molecule has 2 atom stereocenters. The van der Waals surface area contributed by atoms with Crippen LogP contribution in [0.3, 0.4) is 0 Å². The Kier molecular flexibility index (Phi) is 5.31. The maximum atomic E-state index is 13.9. The number of methoxy groups -OCH3 is 1. The van der Waals surface area contributed by atoms with Gasteiger partial charge in [0.15, 0.2) is 0 Å². The van der Waals surface area contributed by atoms with Gasteiger partial charge in [0.25, 0.3) is 0 Å². The first-order chi connectivity index (χ1) is 10.1. The SMILES string of the molecule is COc1cccc(COC(c2ccccc2F)C(C)N)c1. The molecule has 0 fully saturated rings. The van der Waals surface area contributed by atoms with Crippen molar-refractivity contribution in [1.82, 2.24) is 0 Å². The van der Waals surface area contributed by atoms with Gasteiger partial charge in [0.2, 0.25) is 0 Å². The van der Waals surface area contributed by atoms with Crippen LogP contribution in [0.1, 0.15) is 24.2 Å². The molecule has 0 spiro atoms. The van der Waals surface area contributed by atoms with E-state index in [-0.39, 0.29) is 11.9 Å². The van der Waals surface area contributed by atoms with Crippen LogP contribution in [0, 0.1) is 5.82 Å². The van der Waals surface area contributed by atoms with Gasteiger partial charge in [-0.05, 0) is 30.7 Å². The van der Waals surface area contributed by atoms with Crippen LogP contribution in [-0.4, -0.2) is 13.2 Å². The van der Waals surface area contributed by atoms with Crippen molar-refractivity contribution in [3.05, 3.63) is 65.5 Å². The highest BCUT2D eigenvalue weighted by Crippen LogP contribution is 2.25. The van der Waals surface area contributed by atoms with Gasteiger partial charge < -0.3 is 15.2 Å². The molecule has 112 valence electrons. The van der Waals surface area contributed by atoms with E-state index in [0.29, 0.717) is 12.2 Å². The zero-order valence-electron chi connectivity index (χ0n) is 12.3. The van der Waals surface area contributed by atoms with Crippen LogP contribution in [0.15, 0.2) is 48.5 Å². The highest BCUT2D eigenvalue weighted by Gasteiger charge is 2.20. The van der Waals surface area contributed by atoms with Crippen LogP contribution >= 0.6 is 0 Å². The molecule has 2 aromatic carbocycles. The smallest absolute Gasteiger partial charge is 0.129 e. The molecule has 0 aliphatic rings. The molecule has 2 N–H and O–H groups in total. The predicted molar refractivity (Wildman–Crippen MR) is 80.6 cm³/mol. The van der Waals surface area contributed by atoms with Crippen LogP contribution in [-0.2, 0) is 11.3 Å². The van der Waals surface area contributed by atoms with Gasteiger partial charge in [-0.3, -0.25) is 0 Å². The summed E-state index contributed by atoms with van der Waals surface area (Å²) in [4.78, 5) is 0. The van der Waals surface area contributed by atoms with Crippen molar-refractivity contribution in [2.75, 3.05) is 7.11 Å². The molecule has 21 heavy (non-hydrogen) atoms. The van der Waals surface area contributed by atoms with Gasteiger partial charge in [0.05, 0.1) is 13.7 Å². The first-order valence-corrected chi connectivity index (χ1v) is 6.86. The Morgan fingerprint density at radius 1 is 1.14 bits per heavy atom. The molecule has 2 aromatic rings. The Labute approximate surface area is 124 Å². The van der Waals surface area contributed by atoms with E-state index in [1.54, 1.807) is 25.3 Å². The average molecular weight is 289 g/mol. The summed E-state index contributed by atoms with van der Waals surface area (Å²) in [5.41, 5.74) is 7.38. The number of hydrogen-bond acceptors (Lipinski definition) is 3. The van der Waals surface area contributed by atoms with Crippen LogP contribution < -0.4 is 10.5 Å². The van der Waals surface area contributed by atoms with Gasteiger partial charge in [-0.1, -0.05) is 30.3 Å². The lowest BCUT2D eigenvalue weighted by Gasteiger charge is -2.22. The molecule has 0 aliphatic heterocycles. The number of halogens is 1. The molecule has 0 aliphatic carbocycles. The normalized spacial score (nSPS) is 13.7. The molecule has 0 saturated carbocycles. The molecule has 0 heterocycles. The van der Waals surface area contributed by atoms with Gasteiger partial charge in [-0.15, -0.1) is 0 Å². The van der Waals surface area contributed by atoms with E-state index in [2.05, 4.69) is 0 Å². The van der Waals surface area contributed by atoms with Crippen LogP contribution in [0.25, 0.3) is 0 Å². The third kappa shape index (κ3) is 4.03. The standard InChI is InChI=1S/C17H20FNO2/c1-12(19)17(15-8-3-4-9-16(15)18)21-11-13-6-5-7-14(10-13)20-2/h3-10,12,17H,11,19H2,1-2H3. The van der Waals surface area contributed by atoms with E-state index in [1.165, 1.54) is 6.07 Å². The molecule has 0 bridgehead atoms. The zero-order chi connectivity index (χ0) is 15.2. The lowest BCUT2D eigenvalue weighted by atomic mass is 10.0. The second kappa shape index (κ2) is 7.20. The molecule has 2 unspecified atom stereocenters. The molecule has 0 amide bonds. The fraction of sp³-hybridized carbons (Fsp3) is 0.294. The Bertz CT molecular complexity index is 587. The Morgan fingerprint density at radius 3 is 2.57 bits per heavy atom. The van der Waals surface area contributed by atoms with Crippen molar-refractivity contribution in [2.24, 2.45) is 5.73 Å². The molecule has 0 saturated heterocycles. The number of ether oxygens (including phenoxy) is 2. The van der Waals surface area contributed by atoms with Crippen molar-refractivity contribution in [3.63, 3.8) is 0 Å². The van der Waals surface area contributed by atoms with Crippen LogP contribution in [0.2, 0.25) is 0 Å². The number of benzene rings is 2. The minimum Gasteiger partial charge on any atom is -0.497 e. The van der Waals surface area contributed by atoms with Crippen molar-refractivity contribution < 1.29 is 13.9 Å². The number of hydrogen-bond donors (Lipinski definition) is 1. The summed E-state index contributed by atoms with van der Waals surface area (Å²) in [6, 6.07) is 13.8. The summed E-state index contributed by atoms with van der Waals surface area (Å²) < 4.78 is 24.9. The monoisotopic (exact) mass is 289 g/mol. The van der Waals surface area contributed by atoms with Crippen molar-refractivity contribution in [1.29, 1.82) is 0 Å². The lowest BCUT2D eigenvalue weighted by Crippen LogP contribution is -2.27. The van der Waals surface area contributed by atoms with Crippen molar-refractivity contribution in [3.8, 4) is 5.75 Å². The Hall–Kier alpha value is -1.91. The van der Waals surface area contributed by atoms with E-state index in [4.69, 9.17) is 15.2 Å². The van der Waals surface area contributed by atoms with Gasteiger partial charge in [-0.25, -0.2) is 4.39 Å². The Morgan fingerprint density at radius 2 is 1.90 bits per heavy atom. The second-order valence-electron chi connectivity index (χ2n) is 4.96. The van der Waals surface area contributed by atoms with Crippen molar-refractivity contribution >= 4 is 0 Å². The maximum Gasteiger partial charge on any atom is 0.129 e. The second-order valence-corrected chi connectivity index (χ2v) is 4.96. The van der Waals surface area contributed by atoms with Gasteiger partial charge in [-0.2, -0.15) is 0 Å². The quantitative estimate of drug-likeness (QED) is 0.886. The summed E-state index contributed by atoms with van der Waals surface area (Å²) in [5, 5.41) is 0. The predicted octanol–water partition coefficient (Wildman–Crippen LogP) is 3.44. The lowest BCUT2D eigenvalue weighted by molar-refractivity contribution is 0.0235. The first kappa shape index (κ1) is 15.5. The molecule has 0 radical (unpaired) electrons. The van der Waals surface area contributed by atoms with Crippen LogP contribution in [0.5, 0.6) is 5.75 Å². The fourth-order valence-corrected chi connectivity index (χ4v) is 2.18. The van der Waals surface area contributed by atoms with Gasteiger partial charge in [0.1, 0.15) is 17.7 Å². The summed E-state index contributed by atoms with van der Waals surface area (Å²) in [7, 11) is 1.62. The molecular formula is C17H20FNO2. The topological polar surface area (TPSA) is 44.5 Å². The third-order valence-corrected chi connectivity index (χ3v) is 3.25. The van der Waals surface area contributed by atoms with Gasteiger partial charge in [0, 0.05) is 11.6 Å². The fourth-order valence-electron chi connectivity index (χ4n) is 2.18. The maximum absolute atomic E-state index is 13.9. The molecule has 2 rings (SSSR count). The van der Waals surface area contributed by atoms with E-state index in [0.717, 1.165) is 11.3 Å². The summed E-state index contributed by atoms with van der Waals surface area (Å²) >= 11 is 0. The largest absolute Gasteiger partial charge is 0.497 e. The molecule has 4 heteroatoms. The third-order valence-electron chi connectivity index (χ3n) is 3.25. The van der Waals surface area contributed by atoms with Crippen molar-refractivity contribution in [2.45, 2.75) is 25.7 Å². The first-order valence-electron chi connectivity index (χ1n) is 6.86. The zero-order valence-corrected chi connectivity index (χ0v) is 12.3. The minimum absolute atomic E-state index is 0.301. The highest BCUT2D eigenvalue weighted by molar-refractivity contribution is 5.28. The van der Waals surface area contributed by atoms with Gasteiger partial charge >= 0.3 is 0 Å². The highest BCUT2D eigenvalue weighted by atomic mass is 19.1. The molecule has 3 nitrogen and oxygen atoms in total. The summed E-state index contributed by atoms with van der Waals surface area (Å²) in [6.07, 6.45) is -0.489. The minimum atomic E-state index is -0.489. The Balaban J connectivity index is 2.12.